The van der Waals surface area contributed by atoms with E-state index in [4.69, 9.17) is 17.3 Å². The van der Waals surface area contributed by atoms with Crippen molar-refractivity contribution in [1.29, 1.82) is 0 Å². The van der Waals surface area contributed by atoms with E-state index in [2.05, 4.69) is 10.2 Å². The van der Waals surface area contributed by atoms with Gasteiger partial charge in [-0.1, -0.05) is 11.6 Å². The number of amides is 1. The summed E-state index contributed by atoms with van der Waals surface area (Å²) in [4.78, 5) is 14.0. The largest absolute Gasteiger partial charge is 0.328 e. The Morgan fingerprint density at radius 3 is 3.00 bits per heavy atom. The summed E-state index contributed by atoms with van der Waals surface area (Å²) in [6, 6.07) is 4.06. The second-order valence-electron chi connectivity index (χ2n) is 5.32. The minimum absolute atomic E-state index is 0.148. The van der Waals surface area contributed by atoms with Crippen LogP contribution in [0.2, 0.25) is 5.02 Å². The molecular formula is C14H19ClFN3O. The second-order valence-corrected chi connectivity index (χ2v) is 5.72. The minimum Gasteiger partial charge on any atom is -0.328 e. The molecule has 4 nitrogen and oxygen atoms in total. The summed E-state index contributed by atoms with van der Waals surface area (Å²) in [7, 11) is 0. The van der Waals surface area contributed by atoms with Crippen LogP contribution in [-0.4, -0.2) is 36.5 Å². The predicted molar refractivity (Wildman–Crippen MR) is 78.2 cm³/mol. The van der Waals surface area contributed by atoms with Gasteiger partial charge in [0.15, 0.2) is 0 Å². The Balaban J connectivity index is 1.87. The van der Waals surface area contributed by atoms with E-state index in [9.17, 15) is 9.18 Å². The molecule has 0 aromatic heterocycles. The zero-order valence-corrected chi connectivity index (χ0v) is 12.2. The lowest BCUT2D eigenvalue weighted by atomic mass is 10.0. The van der Waals surface area contributed by atoms with Crippen molar-refractivity contribution in [3.8, 4) is 0 Å². The van der Waals surface area contributed by atoms with Gasteiger partial charge in [0.25, 0.3) is 0 Å². The average Bonchev–Trinajstić information content (AvgIpc) is 2.81. The van der Waals surface area contributed by atoms with E-state index in [0.717, 1.165) is 19.5 Å². The molecule has 0 spiro atoms. The van der Waals surface area contributed by atoms with Crippen molar-refractivity contribution in [2.24, 2.45) is 11.7 Å². The van der Waals surface area contributed by atoms with Crippen LogP contribution in [0.4, 0.5) is 10.1 Å². The van der Waals surface area contributed by atoms with Gasteiger partial charge in [0.2, 0.25) is 5.91 Å². The van der Waals surface area contributed by atoms with Crippen LogP contribution in [0.3, 0.4) is 0 Å². The first-order valence-electron chi connectivity index (χ1n) is 6.68. The molecular weight excluding hydrogens is 281 g/mol. The molecule has 0 aliphatic carbocycles. The monoisotopic (exact) mass is 299 g/mol. The number of benzene rings is 1. The third-order valence-electron chi connectivity index (χ3n) is 3.62. The molecule has 6 heteroatoms. The standard InChI is InChI=1S/C14H19ClFN3O/c1-9(17)10-4-5-19(7-10)8-14(20)18-13-3-2-11(16)6-12(13)15/h2-3,6,9-10H,4-5,7-8,17H2,1H3,(H,18,20). The molecule has 1 aliphatic rings. The Morgan fingerprint density at radius 1 is 1.65 bits per heavy atom. The number of nitrogens with one attached hydrogen (secondary N) is 1. The number of hydrogen-bond donors (Lipinski definition) is 2. The number of nitrogens with zero attached hydrogens (tertiary/aromatic N) is 1. The van der Waals surface area contributed by atoms with Crippen LogP contribution >= 0.6 is 11.6 Å². The molecule has 1 aromatic carbocycles. The molecule has 1 amide bonds. The van der Waals surface area contributed by atoms with E-state index >= 15 is 0 Å². The van der Waals surface area contributed by atoms with E-state index < -0.39 is 5.82 Å². The lowest BCUT2D eigenvalue weighted by Gasteiger charge is -2.17. The van der Waals surface area contributed by atoms with Gasteiger partial charge in [-0.2, -0.15) is 0 Å². The summed E-state index contributed by atoms with van der Waals surface area (Å²) in [5.74, 6) is -0.131. The third kappa shape index (κ3) is 3.91. The molecule has 2 atom stereocenters. The van der Waals surface area contributed by atoms with E-state index in [-0.39, 0.29) is 17.0 Å². The first kappa shape index (κ1) is 15.2. The Morgan fingerprint density at radius 2 is 2.40 bits per heavy atom. The number of carbonyl (C=O) groups is 1. The highest BCUT2D eigenvalue weighted by atomic mass is 35.5. The smallest absolute Gasteiger partial charge is 0.238 e. The average molecular weight is 300 g/mol. The SMILES string of the molecule is CC(N)C1CCN(CC(=O)Nc2ccc(F)cc2Cl)C1. The normalized spacial score (nSPS) is 20.9. The Labute approximate surface area is 123 Å². The van der Waals surface area contributed by atoms with Gasteiger partial charge >= 0.3 is 0 Å². The van der Waals surface area contributed by atoms with Crippen molar-refractivity contribution in [1.82, 2.24) is 4.90 Å². The topological polar surface area (TPSA) is 58.4 Å². The molecule has 0 saturated carbocycles. The summed E-state index contributed by atoms with van der Waals surface area (Å²) in [6.07, 6.45) is 1.02. The Hall–Kier alpha value is -1.17. The van der Waals surface area contributed by atoms with Gasteiger partial charge in [-0.05, 0) is 44.0 Å². The van der Waals surface area contributed by atoms with Gasteiger partial charge in [-0.25, -0.2) is 4.39 Å². The van der Waals surface area contributed by atoms with Gasteiger partial charge in [0.05, 0.1) is 17.3 Å². The molecule has 1 saturated heterocycles. The van der Waals surface area contributed by atoms with Crippen molar-refractivity contribution >= 4 is 23.2 Å². The molecule has 1 heterocycles. The molecule has 3 N–H and O–H groups in total. The van der Waals surface area contributed by atoms with Crippen molar-refractivity contribution < 1.29 is 9.18 Å². The highest BCUT2D eigenvalue weighted by Crippen LogP contribution is 2.23. The number of anilines is 1. The van der Waals surface area contributed by atoms with Gasteiger partial charge in [-0.15, -0.1) is 0 Å². The van der Waals surface area contributed by atoms with Crippen LogP contribution in [-0.2, 0) is 4.79 Å². The number of nitrogens with two attached hydrogens (primary N) is 1. The second kappa shape index (κ2) is 6.52. The van der Waals surface area contributed by atoms with Gasteiger partial charge < -0.3 is 11.1 Å². The summed E-state index contributed by atoms with van der Waals surface area (Å²) in [6.45, 7) is 4.00. The first-order chi connectivity index (χ1) is 9.45. The van der Waals surface area contributed by atoms with E-state index in [1.165, 1.54) is 18.2 Å². The lowest BCUT2D eigenvalue weighted by molar-refractivity contribution is -0.117. The summed E-state index contributed by atoms with van der Waals surface area (Å²) in [5.41, 5.74) is 6.30. The number of hydrogen-bond acceptors (Lipinski definition) is 3. The molecule has 20 heavy (non-hydrogen) atoms. The predicted octanol–water partition coefficient (Wildman–Crippen LogP) is 2.09. The molecule has 2 rings (SSSR count). The first-order valence-corrected chi connectivity index (χ1v) is 7.06. The fraction of sp³-hybridized carbons (Fsp3) is 0.500. The van der Waals surface area contributed by atoms with E-state index in [0.29, 0.717) is 18.2 Å². The maximum atomic E-state index is 12.9. The Bertz CT molecular complexity index is 495. The molecule has 2 unspecified atom stereocenters. The van der Waals surface area contributed by atoms with Gasteiger partial charge in [0.1, 0.15) is 5.82 Å². The maximum absolute atomic E-state index is 12.9. The highest BCUT2D eigenvalue weighted by Gasteiger charge is 2.26. The van der Waals surface area contributed by atoms with Crippen LogP contribution < -0.4 is 11.1 Å². The summed E-state index contributed by atoms with van der Waals surface area (Å²) in [5, 5.41) is 2.90. The molecule has 0 radical (unpaired) electrons. The number of carbonyl (C=O) groups excluding carboxylic acids is 1. The minimum atomic E-state index is -0.424. The zero-order chi connectivity index (χ0) is 14.7. The lowest BCUT2D eigenvalue weighted by Crippen LogP contribution is -2.34. The molecule has 1 aromatic rings. The van der Waals surface area contributed by atoms with Crippen molar-refractivity contribution in [2.45, 2.75) is 19.4 Å². The molecule has 0 bridgehead atoms. The quantitative estimate of drug-likeness (QED) is 0.895. The van der Waals surface area contributed by atoms with Gasteiger partial charge in [0, 0.05) is 12.6 Å². The fourth-order valence-electron chi connectivity index (χ4n) is 2.42. The van der Waals surface area contributed by atoms with Crippen molar-refractivity contribution in [3.63, 3.8) is 0 Å². The molecule has 1 fully saturated rings. The van der Waals surface area contributed by atoms with Crippen LogP contribution in [0.15, 0.2) is 18.2 Å². The number of rotatable bonds is 4. The summed E-state index contributed by atoms with van der Waals surface area (Å²) >= 11 is 5.87. The van der Waals surface area contributed by atoms with Crippen LogP contribution in [0, 0.1) is 11.7 Å². The fourth-order valence-corrected chi connectivity index (χ4v) is 2.63. The molecule has 110 valence electrons. The number of likely N-dealkylation sites (tertiary alicyclic amines) is 1. The highest BCUT2D eigenvalue weighted by molar-refractivity contribution is 6.33. The maximum Gasteiger partial charge on any atom is 0.238 e. The van der Waals surface area contributed by atoms with Crippen molar-refractivity contribution in [3.05, 3.63) is 29.0 Å². The Kier molecular flexibility index (Phi) is 4.96. The van der Waals surface area contributed by atoms with Gasteiger partial charge in [-0.3, -0.25) is 9.69 Å². The van der Waals surface area contributed by atoms with Crippen LogP contribution in [0.25, 0.3) is 0 Å². The van der Waals surface area contributed by atoms with Crippen LogP contribution in [0.5, 0.6) is 0 Å². The van der Waals surface area contributed by atoms with E-state index in [1.54, 1.807) is 0 Å². The van der Waals surface area contributed by atoms with Crippen LogP contribution in [0.1, 0.15) is 13.3 Å². The van der Waals surface area contributed by atoms with Crippen molar-refractivity contribution in [2.75, 3.05) is 25.0 Å². The van der Waals surface area contributed by atoms with E-state index in [1.807, 2.05) is 6.92 Å². The summed E-state index contributed by atoms with van der Waals surface area (Å²) < 4.78 is 12.9. The molecule has 1 aliphatic heterocycles. The third-order valence-corrected chi connectivity index (χ3v) is 3.94. The number of halogens is 2. The zero-order valence-electron chi connectivity index (χ0n) is 11.4.